The highest BCUT2D eigenvalue weighted by molar-refractivity contribution is 6.33. The summed E-state index contributed by atoms with van der Waals surface area (Å²) in [6, 6.07) is 29.6. The van der Waals surface area contributed by atoms with Crippen molar-refractivity contribution in [1.29, 1.82) is 0 Å². The number of anilines is 5. The van der Waals surface area contributed by atoms with Gasteiger partial charge in [-0.05, 0) is 226 Å². The maximum absolute atomic E-state index is 14.3. The fraction of sp³-hybridized carbons (Fsp3) is 0.542. The molecule has 0 bridgehead atoms. The van der Waals surface area contributed by atoms with E-state index in [1.807, 2.05) is 108 Å². The largest absolute Gasteiger partial charge is 0.467 e. The van der Waals surface area contributed by atoms with E-state index in [1.54, 1.807) is 39.2 Å². The number of piperidine rings is 9. The second-order valence-electron chi connectivity index (χ2n) is 40.7. The number of urea groups is 6. The Balaban J connectivity index is 0.000000159. The van der Waals surface area contributed by atoms with Crippen molar-refractivity contribution in [3.8, 4) is 0 Å². The molecule has 0 radical (unpaired) electrons. The molecule has 9 saturated heterocycles. The number of fused-ring (bicyclic) bond motifs is 3. The van der Waals surface area contributed by atoms with Crippen LogP contribution in [0, 0.1) is 17.5 Å². The SMILES string of the molecule is COC(=O)[C@@H](Cc1ccccc1)NC(=O)N[C@@H](CC(=O)N1CCC(N2Cc3ccccc3NC2=O)CC1)C(=O)N1CCC(N2CCCCC2)CC1.O=C(Nc1cc(C(F)(F)F)ccc1Cl)N[C@@H](CC(=O)N1CCC(N2Cc3ccccc3NC2=O)CC1)C(=O)N1CCC(N2CCCCC2)CC1.O=C(Nc1ccc(F)c(F)c1F)N[C@@H](CC(=O)N1CCC(N2Cc3ccccc3NC2=O)CC1)C(=O)N1CCC(N2CCCCC2)CC1. The summed E-state index contributed by atoms with van der Waals surface area (Å²) in [7, 11) is 1.26. The van der Waals surface area contributed by atoms with Crippen molar-refractivity contribution in [2.45, 2.75) is 247 Å². The van der Waals surface area contributed by atoms with Crippen LogP contribution in [0.4, 0.5) is 83.5 Å². The van der Waals surface area contributed by atoms with Gasteiger partial charge < -0.3 is 111 Å². The summed E-state index contributed by atoms with van der Waals surface area (Å²) in [6.07, 6.45) is 13.7. The maximum Gasteiger partial charge on any atom is 0.416 e. The van der Waals surface area contributed by atoms with Crippen molar-refractivity contribution >= 4 is 118 Å². The molecule has 0 aromatic heterocycles. The van der Waals surface area contributed by atoms with Gasteiger partial charge in [0.15, 0.2) is 17.5 Å². The summed E-state index contributed by atoms with van der Waals surface area (Å²) >= 11 is 6.10. The summed E-state index contributed by atoms with van der Waals surface area (Å²) < 4.78 is 86.5. The average Bonchev–Trinajstić information content (AvgIpc) is 0.796. The van der Waals surface area contributed by atoms with Crippen molar-refractivity contribution in [2.24, 2.45) is 0 Å². The number of amides is 18. The van der Waals surface area contributed by atoms with E-state index in [0.717, 1.165) is 167 Å². The van der Waals surface area contributed by atoms with E-state index in [2.05, 4.69) is 62.6 Å². The third-order valence-corrected chi connectivity index (χ3v) is 31.6. The molecule has 0 saturated carbocycles. The first-order valence-electron chi connectivity index (χ1n) is 52.6. The van der Waals surface area contributed by atoms with Gasteiger partial charge in [0.25, 0.3) is 0 Å². The smallest absolute Gasteiger partial charge is 0.416 e. The number of halogens is 7. The van der Waals surface area contributed by atoms with Crippen molar-refractivity contribution in [3.05, 3.63) is 184 Å². The van der Waals surface area contributed by atoms with Crippen LogP contribution >= 0.6 is 11.6 Å². The van der Waals surface area contributed by atoms with E-state index in [0.29, 0.717) is 161 Å². The lowest BCUT2D eigenvalue weighted by Crippen LogP contribution is -2.58. The topological polar surface area (TPSA) is 378 Å². The molecule has 12 aliphatic heterocycles. The molecule has 18 amide bonds. The van der Waals surface area contributed by atoms with Crippen LogP contribution < -0.4 is 47.9 Å². The normalized spacial score (nSPS) is 20.1. The molecule has 12 heterocycles. The Kier molecular flexibility index (Phi) is 37.2. The van der Waals surface area contributed by atoms with Crippen LogP contribution in [-0.4, -0.2) is 322 Å². The predicted molar refractivity (Wildman–Crippen MR) is 547 cm³/mol. The Hall–Kier alpha value is -13.0. The van der Waals surface area contributed by atoms with Gasteiger partial charge in [-0.1, -0.05) is 116 Å². The highest BCUT2D eigenvalue weighted by atomic mass is 35.5. The fourth-order valence-electron chi connectivity index (χ4n) is 22.8. The number of hydrogen-bond acceptors (Lipinski definition) is 17. The molecule has 4 atom stereocenters. The third kappa shape index (κ3) is 28.4. The molecule has 802 valence electrons. The number of likely N-dealkylation sites (tertiary alicyclic amines) is 9. The highest BCUT2D eigenvalue weighted by Crippen LogP contribution is 2.38. The minimum Gasteiger partial charge on any atom is -0.467 e. The third-order valence-electron chi connectivity index (χ3n) is 31.3. The van der Waals surface area contributed by atoms with Gasteiger partial charge >= 0.3 is 48.3 Å². The van der Waals surface area contributed by atoms with Crippen LogP contribution in [0.15, 0.2) is 133 Å². The highest BCUT2D eigenvalue weighted by Gasteiger charge is 2.44. The molecule has 149 heavy (non-hydrogen) atoms. The lowest BCUT2D eigenvalue weighted by molar-refractivity contribution is -0.143. The summed E-state index contributed by atoms with van der Waals surface area (Å²) in [5.41, 5.74) is 4.47. The van der Waals surface area contributed by atoms with E-state index >= 15 is 0 Å². The van der Waals surface area contributed by atoms with Crippen molar-refractivity contribution in [2.75, 3.05) is 151 Å². The maximum atomic E-state index is 14.3. The number of alkyl halides is 3. The lowest BCUT2D eigenvalue weighted by Gasteiger charge is -2.41. The molecule has 42 heteroatoms. The Morgan fingerprint density at radius 2 is 0.678 bits per heavy atom. The van der Waals surface area contributed by atoms with Crippen LogP contribution in [-0.2, 0) is 70.5 Å². The van der Waals surface area contributed by atoms with E-state index in [-0.39, 0.29) is 96.2 Å². The van der Waals surface area contributed by atoms with Gasteiger partial charge in [0.2, 0.25) is 35.4 Å². The van der Waals surface area contributed by atoms with Gasteiger partial charge in [0, 0.05) is 158 Å². The van der Waals surface area contributed by atoms with Crippen LogP contribution in [0.3, 0.4) is 0 Å². The van der Waals surface area contributed by atoms with Gasteiger partial charge in [0.1, 0.15) is 24.2 Å². The van der Waals surface area contributed by atoms with Crippen LogP contribution in [0.1, 0.15) is 182 Å². The summed E-state index contributed by atoms with van der Waals surface area (Å²) in [5.74, 6) is -7.39. The second-order valence-corrected chi connectivity index (χ2v) is 41.1. The van der Waals surface area contributed by atoms with Gasteiger partial charge in [-0.2, -0.15) is 13.2 Å². The first-order chi connectivity index (χ1) is 71.9. The number of carbonyl (C=O) groups excluding carboxylic acids is 13. The molecule has 0 spiro atoms. The van der Waals surface area contributed by atoms with E-state index in [1.165, 1.54) is 39.2 Å². The van der Waals surface area contributed by atoms with Crippen LogP contribution in [0.25, 0.3) is 0 Å². The quantitative estimate of drug-likeness (QED) is 0.0154. The molecule has 18 rings (SSSR count). The summed E-state index contributed by atoms with van der Waals surface area (Å²) in [6.45, 7) is 13.1. The van der Waals surface area contributed by atoms with E-state index in [4.69, 9.17) is 16.3 Å². The number of ether oxygens (including phenoxy) is 1. The van der Waals surface area contributed by atoms with Gasteiger partial charge in [-0.3, -0.25) is 28.8 Å². The molecule has 35 nitrogen and oxygen atoms in total. The minimum absolute atomic E-state index is 0.0233. The molecule has 12 aliphatic rings. The average molecular weight is 2090 g/mol. The molecule has 0 unspecified atom stereocenters. The molecule has 9 N–H and O–H groups in total. The summed E-state index contributed by atoms with van der Waals surface area (Å²) in [4.78, 5) is 197. The van der Waals surface area contributed by atoms with E-state index in [9.17, 15) is 88.7 Å². The first kappa shape index (κ1) is 109. The Morgan fingerprint density at radius 3 is 1.03 bits per heavy atom. The number of hydrogen-bond donors (Lipinski definition) is 9. The van der Waals surface area contributed by atoms with Crippen molar-refractivity contribution in [1.82, 2.24) is 80.1 Å². The number of benzene rings is 6. The molecular formula is C107H136ClF6N21O14. The van der Waals surface area contributed by atoms with Gasteiger partial charge in [0.05, 0.1) is 48.3 Å². The fourth-order valence-corrected chi connectivity index (χ4v) is 23.0. The van der Waals surface area contributed by atoms with Crippen LogP contribution in [0.2, 0.25) is 5.02 Å². The Morgan fingerprint density at radius 1 is 0.362 bits per heavy atom. The molecular weight excluding hydrogens is 1950 g/mol. The molecule has 6 aromatic rings. The minimum atomic E-state index is -4.65. The monoisotopic (exact) mass is 2090 g/mol. The van der Waals surface area contributed by atoms with E-state index < -0.39 is 94.9 Å². The number of nitrogens with one attached hydrogen (secondary N) is 9. The number of para-hydroxylation sites is 3. The van der Waals surface area contributed by atoms with Crippen molar-refractivity contribution in [3.63, 3.8) is 0 Å². The first-order valence-corrected chi connectivity index (χ1v) is 53.0. The summed E-state index contributed by atoms with van der Waals surface area (Å²) in [5, 5.41) is 23.7. The molecule has 0 aliphatic carbocycles. The zero-order chi connectivity index (χ0) is 105. The number of carbonyl (C=O) groups is 13. The second kappa shape index (κ2) is 51.0. The predicted octanol–water partition coefficient (Wildman–Crippen LogP) is 13.6. The lowest BCUT2D eigenvalue weighted by atomic mass is 9.98. The standard InChI is InChI=1S/C38H51N7O6.C35H43ClF3N7O4.C34H42F3N7O4/c1-51-36(48)33(24-27-10-4-2-5-11-27)40-37(49)39-32(35(47)44-22-14-29(15-23-44)42-18-8-3-9-19-42)25-34(46)43-20-16-30(17-21-43)45-26-28-12-6-7-13-31(28)41-38(45)50;36-27-9-8-24(35(37,38)39)20-29(27)40-33(49)41-30(32(48)45-18-10-25(11-19-45)43-14-4-1-5-15-43)21-31(47)44-16-12-26(13-17-44)46-22-23-6-2-3-7-28(23)42-34(46)50;35-25-8-9-27(31(37)30(25)36)38-33(47)39-28(32(46)43-18-10-23(11-19-43)41-14-4-1-5-15-41)20-29(45)42-16-12-24(13-17-42)44-21-22-6-2-3-7-26(22)40-34(44)48/h2,4-7,10-13,29-30,32-33H,3,8-9,14-26H2,1H3,(H,41,50)(H2,39,40,49);2-3,6-9,20,25-26,30H,1,4-5,10-19,21-22H2,(H,42,50)(H2,40,41,49);2-3,6-9,23-24,28H,1,4-5,10-21H2,(H,40,48)(H2,38,39,47)/t32-,33+;30-;28-/m000/s1. The molecule has 9 fully saturated rings. The Labute approximate surface area is 868 Å². The van der Waals surface area contributed by atoms with Crippen LogP contribution in [0.5, 0.6) is 0 Å². The van der Waals surface area contributed by atoms with Crippen molar-refractivity contribution < 1.29 is 93.4 Å². The van der Waals surface area contributed by atoms with Gasteiger partial charge in [-0.25, -0.2) is 46.7 Å². The number of nitrogens with zero attached hydrogens (tertiary/aromatic N) is 12. The number of esters is 1. The zero-order valence-electron chi connectivity index (χ0n) is 84.2. The zero-order valence-corrected chi connectivity index (χ0v) is 85.0. The van der Waals surface area contributed by atoms with Gasteiger partial charge in [-0.15, -0.1) is 0 Å². The molecule has 6 aromatic carbocycles. The number of rotatable bonds is 24. The number of methoxy groups -OCH3 is 1. The Bertz CT molecular complexity index is 5720.